The Labute approximate surface area is 186 Å². The van der Waals surface area contributed by atoms with Crippen molar-refractivity contribution in [1.29, 1.82) is 0 Å². The Morgan fingerprint density at radius 1 is 1.16 bits per heavy atom. The van der Waals surface area contributed by atoms with E-state index < -0.39 is 0 Å². The van der Waals surface area contributed by atoms with Crippen LogP contribution in [-0.4, -0.2) is 61.3 Å². The molecule has 0 bridgehead atoms. The fourth-order valence-electron chi connectivity index (χ4n) is 3.50. The standard InChI is InChI=1S/C22H38N4O2.CH2O2/c1-2-3-4-5-6-7-15-24-22(27)26-16-12-20(13-17-26)25-19-8-10-21(11-9-19)28-18-14-23;2-1-3/h8-11,20,25H,2-7,12-18,23H2,1H3,(H,24,27);1H,(H,2,3). The largest absolute Gasteiger partial charge is 0.492 e. The molecule has 0 spiro atoms. The number of benzene rings is 1. The van der Waals surface area contributed by atoms with Crippen molar-refractivity contribution in [3.8, 4) is 5.75 Å². The lowest BCUT2D eigenvalue weighted by Crippen LogP contribution is -2.47. The lowest BCUT2D eigenvalue weighted by atomic mass is 10.0. The summed E-state index contributed by atoms with van der Waals surface area (Å²) in [6, 6.07) is 8.48. The number of carbonyl (C=O) groups excluding carboxylic acids is 1. The van der Waals surface area contributed by atoms with Gasteiger partial charge in [-0.2, -0.15) is 0 Å². The van der Waals surface area contributed by atoms with Gasteiger partial charge >= 0.3 is 6.03 Å². The lowest BCUT2D eigenvalue weighted by molar-refractivity contribution is -0.122. The van der Waals surface area contributed by atoms with Crippen molar-refractivity contribution in [3.63, 3.8) is 0 Å². The first-order valence-electron chi connectivity index (χ1n) is 11.4. The Balaban J connectivity index is 0.00000151. The molecule has 0 unspecified atom stereocenters. The Kier molecular flexibility index (Phi) is 14.8. The van der Waals surface area contributed by atoms with Crippen molar-refractivity contribution in [2.24, 2.45) is 5.73 Å². The molecule has 176 valence electrons. The quantitative estimate of drug-likeness (QED) is 0.293. The van der Waals surface area contributed by atoms with Gasteiger partial charge in [-0.25, -0.2) is 4.79 Å². The maximum atomic E-state index is 12.3. The highest BCUT2D eigenvalue weighted by atomic mass is 16.5. The summed E-state index contributed by atoms with van der Waals surface area (Å²) in [7, 11) is 0. The smallest absolute Gasteiger partial charge is 0.317 e. The molecule has 1 aliphatic heterocycles. The Morgan fingerprint density at radius 3 is 2.39 bits per heavy atom. The summed E-state index contributed by atoms with van der Waals surface area (Å²) < 4.78 is 5.50. The van der Waals surface area contributed by atoms with Crippen LogP contribution in [0.1, 0.15) is 58.3 Å². The molecule has 1 heterocycles. The maximum absolute atomic E-state index is 12.3. The Hall–Kier alpha value is -2.48. The monoisotopic (exact) mass is 436 g/mol. The number of hydrogen-bond donors (Lipinski definition) is 4. The third-order valence-electron chi connectivity index (χ3n) is 5.20. The Morgan fingerprint density at radius 2 is 1.77 bits per heavy atom. The van der Waals surface area contributed by atoms with Gasteiger partial charge < -0.3 is 31.1 Å². The number of unbranched alkanes of at least 4 members (excludes halogenated alkanes) is 5. The number of ether oxygens (including phenoxy) is 1. The van der Waals surface area contributed by atoms with Gasteiger partial charge in [0.1, 0.15) is 12.4 Å². The summed E-state index contributed by atoms with van der Waals surface area (Å²) in [6.45, 7) is 5.43. The van der Waals surface area contributed by atoms with Gasteiger partial charge in [0.25, 0.3) is 6.47 Å². The first-order valence-corrected chi connectivity index (χ1v) is 11.4. The molecule has 0 radical (unpaired) electrons. The summed E-state index contributed by atoms with van der Waals surface area (Å²) in [6.07, 6.45) is 9.42. The normalized spacial score (nSPS) is 13.7. The molecule has 5 N–H and O–H groups in total. The van der Waals surface area contributed by atoms with E-state index in [-0.39, 0.29) is 12.5 Å². The van der Waals surface area contributed by atoms with Gasteiger partial charge in [-0.1, -0.05) is 39.0 Å². The molecule has 8 nitrogen and oxygen atoms in total. The van der Waals surface area contributed by atoms with Crippen LogP contribution in [0.4, 0.5) is 10.5 Å². The van der Waals surface area contributed by atoms with Crippen LogP contribution in [0.5, 0.6) is 5.75 Å². The number of carboxylic acid groups (broad SMARTS) is 1. The topological polar surface area (TPSA) is 117 Å². The zero-order chi connectivity index (χ0) is 22.7. The molecule has 31 heavy (non-hydrogen) atoms. The SMILES string of the molecule is CCCCCCCCNC(=O)N1CCC(Nc2ccc(OCCN)cc2)CC1.O=CO. The number of nitrogens with two attached hydrogens (primary N) is 1. The van der Waals surface area contributed by atoms with Crippen LogP contribution in [0.3, 0.4) is 0 Å². The molecular weight excluding hydrogens is 396 g/mol. The van der Waals surface area contributed by atoms with Gasteiger partial charge in [-0.3, -0.25) is 4.79 Å². The number of urea groups is 1. The van der Waals surface area contributed by atoms with Crippen molar-refractivity contribution < 1.29 is 19.4 Å². The number of carbonyl (C=O) groups is 2. The number of amides is 2. The van der Waals surface area contributed by atoms with E-state index in [9.17, 15) is 4.79 Å². The first kappa shape index (κ1) is 26.6. The molecule has 1 aromatic rings. The molecule has 2 rings (SSSR count). The third-order valence-corrected chi connectivity index (χ3v) is 5.20. The summed E-state index contributed by atoms with van der Waals surface area (Å²) in [5.41, 5.74) is 6.54. The van der Waals surface area contributed by atoms with E-state index in [0.717, 1.165) is 50.3 Å². The predicted octanol–water partition coefficient (Wildman–Crippen LogP) is 3.67. The minimum absolute atomic E-state index is 0.0911. The van der Waals surface area contributed by atoms with Gasteiger partial charge in [0.15, 0.2) is 0 Å². The molecule has 0 aliphatic carbocycles. The number of likely N-dealkylation sites (tertiary alicyclic amines) is 1. The van der Waals surface area contributed by atoms with Crippen LogP contribution < -0.4 is 21.1 Å². The average Bonchev–Trinajstić information content (AvgIpc) is 2.79. The van der Waals surface area contributed by atoms with Gasteiger partial charge in [-0.15, -0.1) is 0 Å². The molecule has 0 saturated carbocycles. The molecule has 0 aromatic heterocycles. The highest BCUT2D eigenvalue weighted by Crippen LogP contribution is 2.20. The van der Waals surface area contributed by atoms with Gasteiger partial charge in [0, 0.05) is 37.9 Å². The zero-order valence-electron chi connectivity index (χ0n) is 18.9. The number of anilines is 1. The maximum Gasteiger partial charge on any atom is 0.317 e. The van der Waals surface area contributed by atoms with Gasteiger partial charge in [-0.05, 0) is 43.5 Å². The average molecular weight is 437 g/mol. The fraction of sp³-hybridized carbons (Fsp3) is 0.652. The van der Waals surface area contributed by atoms with Crippen LogP contribution in [0.15, 0.2) is 24.3 Å². The highest BCUT2D eigenvalue weighted by Gasteiger charge is 2.22. The van der Waals surface area contributed by atoms with Gasteiger partial charge in [0.05, 0.1) is 0 Å². The first-order chi connectivity index (χ1) is 15.1. The van der Waals surface area contributed by atoms with E-state index in [2.05, 4.69) is 17.6 Å². The van der Waals surface area contributed by atoms with E-state index >= 15 is 0 Å². The minimum Gasteiger partial charge on any atom is -0.492 e. The fourth-order valence-corrected chi connectivity index (χ4v) is 3.50. The molecule has 2 amide bonds. The number of rotatable bonds is 12. The number of piperidine rings is 1. The molecule has 1 fully saturated rings. The number of nitrogens with zero attached hydrogens (tertiary/aromatic N) is 1. The highest BCUT2D eigenvalue weighted by molar-refractivity contribution is 5.74. The van der Waals surface area contributed by atoms with Crippen molar-refractivity contribution in [3.05, 3.63) is 24.3 Å². The molecule has 1 aromatic carbocycles. The van der Waals surface area contributed by atoms with Crippen LogP contribution in [0.2, 0.25) is 0 Å². The number of hydrogen-bond acceptors (Lipinski definition) is 5. The zero-order valence-corrected chi connectivity index (χ0v) is 18.9. The Bertz CT molecular complexity index is 590. The van der Waals surface area contributed by atoms with Gasteiger partial charge in [0.2, 0.25) is 0 Å². The van der Waals surface area contributed by atoms with Crippen molar-refractivity contribution >= 4 is 18.2 Å². The van der Waals surface area contributed by atoms with E-state index in [1.54, 1.807) is 0 Å². The third kappa shape index (κ3) is 12.1. The van der Waals surface area contributed by atoms with Crippen LogP contribution in [0, 0.1) is 0 Å². The van der Waals surface area contributed by atoms with E-state index in [4.69, 9.17) is 20.4 Å². The molecule has 8 heteroatoms. The van der Waals surface area contributed by atoms with Crippen LogP contribution >= 0.6 is 0 Å². The second-order valence-electron chi connectivity index (χ2n) is 7.67. The second kappa shape index (κ2) is 17.2. The summed E-state index contributed by atoms with van der Waals surface area (Å²) in [4.78, 5) is 22.6. The van der Waals surface area contributed by atoms with E-state index in [1.807, 2.05) is 29.2 Å². The predicted molar refractivity (Wildman–Crippen MR) is 125 cm³/mol. The molecule has 1 saturated heterocycles. The number of nitrogens with one attached hydrogen (secondary N) is 2. The molecule has 0 atom stereocenters. The van der Waals surface area contributed by atoms with Crippen molar-refractivity contribution in [2.45, 2.75) is 64.3 Å². The van der Waals surface area contributed by atoms with Crippen molar-refractivity contribution in [2.75, 3.05) is 38.1 Å². The summed E-state index contributed by atoms with van der Waals surface area (Å²) in [5.74, 6) is 0.841. The summed E-state index contributed by atoms with van der Waals surface area (Å²) >= 11 is 0. The van der Waals surface area contributed by atoms with E-state index in [0.29, 0.717) is 19.2 Å². The second-order valence-corrected chi connectivity index (χ2v) is 7.67. The van der Waals surface area contributed by atoms with E-state index in [1.165, 1.54) is 32.1 Å². The lowest BCUT2D eigenvalue weighted by Gasteiger charge is -2.33. The summed E-state index contributed by atoms with van der Waals surface area (Å²) in [5, 5.41) is 13.5. The molecule has 1 aliphatic rings. The molecular formula is C23H40N4O4. The van der Waals surface area contributed by atoms with Crippen LogP contribution in [-0.2, 0) is 4.79 Å². The van der Waals surface area contributed by atoms with Crippen molar-refractivity contribution in [1.82, 2.24) is 10.2 Å². The minimum atomic E-state index is -0.250. The van der Waals surface area contributed by atoms with Crippen LogP contribution in [0.25, 0.3) is 0 Å².